The summed E-state index contributed by atoms with van der Waals surface area (Å²) in [7, 11) is 4.63. The number of rotatable bonds is 14. The number of hydrogen-bond donors (Lipinski definition) is 0. The van der Waals surface area contributed by atoms with E-state index in [0.717, 1.165) is 41.0 Å². The third-order valence-electron chi connectivity index (χ3n) is 7.86. The molecule has 3 aromatic carbocycles. The molecule has 10 heteroatoms. The average Bonchev–Trinajstić information content (AvgIpc) is 3.09. The van der Waals surface area contributed by atoms with Gasteiger partial charge in [0.05, 0.1) is 45.1 Å². The van der Waals surface area contributed by atoms with Gasteiger partial charge in [-0.05, 0) is 72.5 Å². The fraction of sp³-hybridized carbons (Fsp3) is 0.297. The van der Waals surface area contributed by atoms with E-state index in [1.165, 1.54) is 7.11 Å². The average molecular weight is 637 g/mol. The number of esters is 1. The molecule has 0 aliphatic carbocycles. The first-order valence-electron chi connectivity index (χ1n) is 15.6. The molecule has 0 aliphatic heterocycles. The second-order valence-corrected chi connectivity index (χ2v) is 11.3. The molecule has 1 atom stereocenters. The van der Waals surface area contributed by atoms with Crippen molar-refractivity contribution in [3.63, 3.8) is 0 Å². The molecule has 0 bridgehead atoms. The Morgan fingerprint density at radius 2 is 1.38 bits per heavy atom. The molecule has 0 saturated heterocycles. The summed E-state index contributed by atoms with van der Waals surface area (Å²) < 4.78 is 23.5. The van der Waals surface area contributed by atoms with Crippen molar-refractivity contribution in [3.8, 4) is 17.4 Å². The lowest BCUT2D eigenvalue weighted by atomic mass is 10.1. The zero-order valence-corrected chi connectivity index (χ0v) is 27.4. The van der Waals surface area contributed by atoms with E-state index in [-0.39, 0.29) is 17.5 Å². The number of anilines is 1. The molecule has 5 rings (SSSR count). The number of hydrogen-bond acceptors (Lipinski definition) is 9. The van der Waals surface area contributed by atoms with Crippen molar-refractivity contribution < 1.29 is 23.7 Å². The molecule has 0 amide bonds. The van der Waals surface area contributed by atoms with E-state index in [4.69, 9.17) is 28.9 Å². The Balaban J connectivity index is 1.56. The molecule has 0 aliphatic rings. The molecular formula is C37H40N4O6. The van der Waals surface area contributed by atoms with E-state index in [1.54, 1.807) is 49.2 Å². The fourth-order valence-electron chi connectivity index (χ4n) is 5.31. The summed E-state index contributed by atoms with van der Waals surface area (Å²) in [6.07, 6.45) is 3.29. The SMILES string of the molecule is CCCC(C)Oc1nc(N(Cc2ccc(OC)cc2)Cc2ccc(OC)cc2)nc2ccn(Cc3ccc(C(=O)OC)cc3)c(=O)c12. The van der Waals surface area contributed by atoms with Crippen molar-refractivity contribution in [3.05, 3.63) is 118 Å². The maximum atomic E-state index is 14.0. The van der Waals surface area contributed by atoms with Crippen molar-refractivity contribution >= 4 is 22.8 Å². The molecule has 0 fully saturated rings. The van der Waals surface area contributed by atoms with Crippen LogP contribution in [0.5, 0.6) is 17.4 Å². The van der Waals surface area contributed by atoms with Gasteiger partial charge in [-0.15, -0.1) is 0 Å². The highest BCUT2D eigenvalue weighted by Crippen LogP contribution is 2.27. The van der Waals surface area contributed by atoms with Gasteiger partial charge in [0.25, 0.3) is 5.56 Å². The van der Waals surface area contributed by atoms with E-state index in [0.29, 0.717) is 42.0 Å². The maximum absolute atomic E-state index is 14.0. The van der Waals surface area contributed by atoms with Crippen LogP contribution >= 0.6 is 0 Å². The standard InChI is InChI=1S/C37H40N4O6/c1-6-7-25(2)47-34-33-32(20-21-40(35(33)42)22-26-8-14-29(15-9-26)36(43)46-5)38-37(39-34)41(23-27-10-16-30(44-3)17-11-27)24-28-12-18-31(45-4)19-13-28/h8-21,25H,6-7,22-24H2,1-5H3. The lowest BCUT2D eigenvalue weighted by Gasteiger charge is -2.25. The van der Waals surface area contributed by atoms with Gasteiger partial charge in [0, 0.05) is 19.3 Å². The summed E-state index contributed by atoms with van der Waals surface area (Å²) in [6.45, 7) is 5.37. The third-order valence-corrected chi connectivity index (χ3v) is 7.86. The monoisotopic (exact) mass is 636 g/mol. The van der Waals surface area contributed by atoms with Gasteiger partial charge in [-0.25, -0.2) is 9.78 Å². The number of carbonyl (C=O) groups is 1. The van der Waals surface area contributed by atoms with Gasteiger partial charge in [-0.1, -0.05) is 49.7 Å². The zero-order valence-electron chi connectivity index (χ0n) is 27.4. The largest absolute Gasteiger partial charge is 0.497 e. The van der Waals surface area contributed by atoms with Gasteiger partial charge < -0.3 is 28.4 Å². The van der Waals surface area contributed by atoms with Gasteiger partial charge >= 0.3 is 5.97 Å². The Labute approximate surface area is 274 Å². The first kappa shape index (κ1) is 33.0. The molecule has 2 aromatic heterocycles. The molecule has 0 N–H and O–H groups in total. The predicted molar refractivity (Wildman–Crippen MR) is 182 cm³/mol. The highest BCUT2D eigenvalue weighted by atomic mass is 16.5. The van der Waals surface area contributed by atoms with E-state index in [1.807, 2.05) is 61.5 Å². The summed E-state index contributed by atoms with van der Waals surface area (Å²) in [6, 6.07) is 24.5. The van der Waals surface area contributed by atoms with E-state index in [9.17, 15) is 9.59 Å². The van der Waals surface area contributed by atoms with Crippen LogP contribution in [0.4, 0.5) is 5.95 Å². The number of carbonyl (C=O) groups excluding carboxylic acids is 1. The molecule has 5 aromatic rings. The van der Waals surface area contributed by atoms with Gasteiger partial charge in [-0.3, -0.25) is 4.79 Å². The topological polar surface area (TPSA) is 105 Å². The van der Waals surface area contributed by atoms with Crippen LogP contribution in [0.3, 0.4) is 0 Å². The minimum absolute atomic E-state index is 0.165. The summed E-state index contributed by atoms with van der Waals surface area (Å²) in [4.78, 5) is 37.8. The molecule has 10 nitrogen and oxygen atoms in total. The van der Waals surface area contributed by atoms with Crippen molar-refractivity contribution in [2.24, 2.45) is 0 Å². The van der Waals surface area contributed by atoms with Gasteiger partial charge in [-0.2, -0.15) is 4.98 Å². The molecule has 47 heavy (non-hydrogen) atoms. The summed E-state index contributed by atoms with van der Waals surface area (Å²) in [5.41, 5.74) is 3.60. The third kappa shape index (κ3) is 8.07. The van der Waals surface area contributed by atoms with Crippen LogP contribution in [-0.2, 0) is 24.4 Å². The van der Waals surface area contributed by atoms with Crippen LogP contribution < -0.4 is 24.7 Å². The smallest absolute Gasteiger partial charge is 0.337 e. The molecular weight excluding hydrogens is 596 g/mol. The minimum Gasteiger partial charge on any atom is -0.497 e. The van der Waals surface area contributed by atoms with Crippen LogP contribution in [0, 0.1) is 0 Å². The molecule has 2 heterocycles. The summed E-state index contributed by atoms with van der Waals surface area (Å²) >= 11 is 0. The van der Waals surface area contributed by atoms with E-state index < -0.39 is 5.97 Å². The number of methoxy groups -OCH3 is 3. The molecule has 1 unspecified atom stereocenters. The maximum Gasteiger partial charge on any atom is 0.337 e. The van der Waals surface area contributed by atoms with Crippen molar-refractivity contribution in [1.82, 2.24) is 14.5 Å². The highest BCUT2D eigenvalue weighted by Gasteiger charge is 2.21. The molecule has 0 spiro atoms. The van der Waals surface area contributed by atoms with Crippen molar-refractivity contribution in [1.29, 1.82) is 0 Å². The van der Waals surface area contributed by atoms with Gasteiger partial charge in [0.1, 0.15) is 16.9 Å². The Bertz CT molecular complexity index is 1810. The number of ether oxygens (including phenoxy) is 4. The number of pyridine rings is 1. The van der Waals surface area contributed by atoms with Gasteiger partial charge in [0.15, 0.2) is 0 Å². The summed E-state index contributed by atoms with van der Waals surface area (Å²) in [5.74, 6) is 1.82. The second kappa shape index (κ2) is 15.3. The number of benzene rings is 3. The van der Waals surface area contributed by atoms with Crippen LogP contribution in [0.1, 0.15) is 53.7 Å². The van der Waals surface area contributed by atoms with E-state index in [2.05, 4.69) is 11.8 Å². The number of aromatic nitrogens is 3. The lowest BCUT2D eigenvalue weighted by Crippen LogP contribution is -2.27. The summed E-state index contributed by atoms with van der Waals surface area (Å²) in [5, 5.41) is 0.319. The van der Waals surface area contributed by atoms with Crippen molar-refractivity contribution in [2.75, 3.05) is 26.2 Å². The lowest BCUT2D eigenvalue weighted by molar-refractivity contribution is 0.0600. The van der Waals surface area contributed by atoms with Gasteiger partial charge in [0.2, 0.25) is 11.8 Å². The Kier molecular flexibility index (Phi) is 10.7. The Morgan fingerprint density at radius 1 is 0.809 bits per heavy atom. The van der Waals surface area contributed by atoms with E-state index >= 15 is 0 Å². The fourth-order valence-corrected chi connectivity index (χ4v) is 5.31. The minimum atomic E-state index is -0.414. The molecule has 244 valence electrons. The van der Waals surface area contributed by atoms with Crippen LogP contribution in [0.15, 0.2) is 89.9 Å². The molecule has 0 saturated carbocycles. The number of nitrogens with zero attached hydrogens (tertiary/aromatic N) is 4. The first-order chi connectivity index (χ1) is 22.8. The Hall–Kier alpha value is -5.38. The van der Waals surface area contributed by atoms with Crippen molar-refractivity contribution in [2.45, 2.75) is 52.4 Å². The van der Waals surface area contributed by atoms with Crippen LogP contribution in [-0.4, -0.2) is 47.9 Å². The van der Waals surface area contributed by atoms with Crippen LogP contribution in [0.2, 0.25) is 0 Å². The zero-order chi connectivity index (χ0) is 33.3. The molecule has 0 radical (unpaired) electrons. The first-order valence-corrected chi connectivity index (χ1v) is 15.6. The second-order valence-electron chi connectivity index (χ2n) is 11.3. The normalized spacial score (nSPS) is 11.6. The Morgan fingerprint density at radius 3 is 1.91 bits per heavy atom. The number of fused-ring (bicyclic) bond motifs is 1. The predicted octanol–water partition coefficient (Wildman–Crippen LogP) is 6.42. The highest BCUT2D eigenvalue weighted by molar-refractivity contribution is 5.89. The van der Waals surface area contributed by atoms with Crippen LogP contribution in [0.25, 0.3) is 10.9 Å². The quantitative estimate of drug-likeness (QED) is 0.128.